The number of carboxylic acids is 1. The summed E-state index contributed by atoms with van der Waals surface area (Å²) in [5.41, 5.74) is -2.23. The number of hydrogen-bond acceptors (Lipinski definition) is 3. The molecule has 0 saturated heterocycles. The minimum absolute atomic E-state index is 1.55. The summed E-state index contributed by atoms with van der Waals surface area (Å²) in [7, 11) is 0. The van der Waals surface area contributed by atoms with Crippen LogP contribution in [0.5, 0.6) is 0 Å². The Morgan fingerprint density at radius 2 is 1.80 bits per heavy atom. The van der Waals surface area contributed by atoms with E-state index in [9.17, 15) is 18.0 Å². The van der Waals surface area contributed by atoms with E-state index in [1.165, 1.54) is 0 Å². The van der Waals surface area contributed by atoms with Crippen molar-refractivity contribution in [2.45, 2.75) is 6.18 Å². The molecule has 0 atom stereocenters. The fourth-order valence-corrected chi connectivity index (χ4v) is 0.221. The van der Waals surface area contributed by atoms with E-state index in [-0.39, 0.29) is 0 Å². The highest BCUT2D eigenvalue weighted by molar-refractivity contribution is 6.37. The van der Waals surface area contributed by atoms with Gasteiger partial charge in [-0.25, -0.2) is 4.79 Å². The maximum absolute atomic E-state index is 11.3. The van der Waals surface area contributed by atoms with Crippen LogP contribution in [0.25, 0.3) is 0 Å². The number of oxime groups is 1. The van der Waals surface area contributed by atoms with Crippen LogP contribution in [0.3, 0.4) is 0 Å². The summed E-state index contributed by atoms with van der Waals surface area (Å²) >= 11 is 0. The number of carbonyl (C=O) groups is 1. The van der Waals surface area contributed by atoms with Crippen LogP contribution >= 0.6 is 0 Å². The van der Waals surface area contributed by atoms with Crippen molar-refractivity contribution in [3.63, 3.8) is 0 Å². The van der Waals surface area contributed by atoms with E-state index in [4.69, 9.17) is 10.3 Å². The summed E-state index contributed by atoms with van der Waals surface area (Å²) in [5, 5.41) is 16.8. The molecule has 7 heteroatoms. The SMILES string of the molecule is O=C(O)/C(=N/O)C(F)(F)F. The van der Waals surface area contributed by atoms with E-state index in [2.05, 4.69) is 0 Å². The van der Waals surface area contributed by atoms with E-state index in [0.717, 1.165) is 0 Å². The third-order valence-corrected chi connectivity index (χ3v) is 0.571. The van der Waals surface area contributed by atoms with Crippen molar-refractivity contribution in [3.05, 3.63) is 0 Å². The molecule has 0 unspecified atom stereocenters. The Balaban J connectivity index is 4.56. The zero-order valence-electron chi connectivity index (χ0n) is 4.38. The Morgan fingerprint density at radius 3 is 1.80 bits per heavy atom. The van der Waals surface area contributed by atoms with Crippen LogP contribution in [-0.4, -0.2) is 28.2 Å². The molecule has 0 radical (unpaired) electrons. The molecule has 0 aliphatic rings. The van der Waals surface area contributed by atoms with Crippen molar-refractivity contribution in [2.75, 3.05) is 0 Å². The molecule has 58 valence electrons. The number of rotatable bonds is 1. The third-order valence-electron chi connectivity index (χ3n) is 0.571. The summed E-state index contributed by atoms with van der Waals surface area (Å²) in [4.78, 5) is 9.57. The number of nitrogens with zero attached hydrogens (tertiary/aromatic N) is 1. The van der Waals surface area contributed by atoms with E-state index < -0.39 is 17.9 Å². The molecule has 10 heavy (non-hydrogen) atoms. The largest absolute Gasteiger partial charge is 0.476 e. The van der Waals surface area contributed by atoms with E-state index in [1.807, 2.05) is 0 Å². The van der Waals surface area contributed by atoms with Gasteiger partial charge in [0.15, 0.2) is 0 Å². The quantitative estimate of drug-likeness (QED) is 0.330. The molecule has 0 saturated carbocycles. The van der Waals surface area contributed by atoms with E-state index >= 15 is 0 Å². The predicted molar refractivity (Wildman–Crippen MR) is 22.9 cm³/mol. The molecule has 4 nitrogen and oxygen atoms in total. The van der Waals surface area contributed by atoms with Crippen LogP contribution in [-0.2, 0) is 4.79 Å². The lowest BCUT2D eigenvalue weighted by atomic mass is 10.4. The van der Waals surface area contributed by atoms with E-state index in [1.54, 1.807) is 5.16 Å². The van der Waals surface area contributed by atoms with Crippen molar-refractivity contribution >= 4 is 11.7 Å². The lowest BCUT2D eigenvalue weighted by Crippen LogP contribution is -2.30. The molecule has 0 bridgehead atoms. The second-order valence-electron chi connectivity index (χ2n) is 1.25. The van der Waals surface area contributed by atoms with Crippen LogP contribution in [0, 0.1) is 0 Å². The van der Waals surface area contributed by atoms with Crippen LogP contribution in [0.2, 0.25) is 0 Å². The van der Waals surface area contributed by atoms with Crippen LogP contribution < -0.4 is 0 Å². The Morgan fingerprint density at radius 1 is 1.40 bits per heavy atom. The van der Waals surface area contributed by atoms with Crippen molar-refractivity contribution in [1.29, 1.82) is 0 Å². The zero-order chi connectivity index (χ0) is 8.36. The topological polar surface area (TPSA) is 69.9 Å². The molecule has 0 rings (SSSR count). The molecule has 0 fully saturated rings. The summed E-state index contributed by atoms with van der Waals surface area (Å²) in [6.07, 6.45) is -5.11. The molecule has 0 aromatic rings. The number of halogens is 3. The van der Waals surface area contributed by atoms with Gasteiger partial charge in [-0.05, 0) is 0 Å². The summed E-state index contributed by atoms with van der Waals surface area (Å²) in [6.45, 7) is 0. The van der Waals surface area contributed by atoms with Gasteiger partial charge in [0, 0.05) is 0 Å². The molecular formula is C3H2F3NO3. The van der Waals surface area contributed by atoms with Crippen LogP contribution in [0.1, 0.15) is 0 Å². The first-order chi connectivity index (χ1) is 4.39. The van der Waals surface area contributed by atoms with Gasteiger partial charge >= 0.3 is 12.1 Å². The standard InChI is InChI=1S/C3H2F3NO3/c4-3(5,6)1(7-10)2(8)9/h10H,(H,8,9)/b7-1-. The van der Waals surface area contributed by atoms with Crippen molar-refractivity contribution in [1.82, 2.24) is 0 Å². The Labute approximate surface area is 52.6 Å². The highest BCUT2D eigenvalue weighted by Crippen LogP contribution is 2.16. The van der Waals surface area contributed by atoms with Crippen LogP contribution in [0.4, 0.5) is 13.2 Å². The van der Waals surface area contributed by atoms with Gasteiger partial charge in [0.05, 0.1) is 0 Å². The van der Waals surface area contributed by atoms with Gasteiger partial charge in [-0.1, -0.05) is 5.16 Å². The Hall–Kier alpha value is -1.27. The molecule has 0 aromatic heterocycles. The first-order valence-electron chi connectivity index (χ1n) is 1.92. The molecule has 0 heterocycles. The normalized spacial score (nSPS) is 13.3. The van der Waals surface area contributed by atoms with Gasteiger partial charge in [0.1, 0.15) is 0 Å². The van der Waals surface area contributed by atoms with Crippen molar-refractivity contribution < 1.29 is 28.3 Å². The molecule has 0 spiro atoms. The average molecular weight is 157 g/mol. The molecule has 0 amide bonds. The molecular weight excluding hydrogens is 155 g/mol. The minimum atomic E-state index is -5.11. The number of carboxylic acid groups (broad SMARTS) is 1. The molecule has 2 N–H and O–H groups in total. The van der Waals surface area contributed by atoms with Gasteiger partial charge in [0.2, 0.25) is 0 Å². The van der Waals surface area contributed by atoms with Gasteiger partial charge in [-0.2, -0.15) is 13.2 Å². The minimum Gasteiger partial charge on any atom is -0.476 e. The van der Waals surface area contributed by atoms with Gasteiger partial charge in [-0.15, -0.1) is 0 Å². The van der Waals surface area contributed by atoms with Crippen molar-refractivity contribution in [2.24, 2.45) is 5.16 Å². The Bertz CT molecular complexity index is 172. The fourth-order valence-electron chi connectivity index (χ4n) is 0.221. The Kier molecular flexibility index (Phi) is 2.22. The van der Waals surface area contributed by atoms with Gasteiger partial charge in [-0.3, -0.25) is 0 Å². The smallest absolute Gasteiger partial charge is 0.443 e. The number of aliphatic carboxylic acids is 1. The van der Waals surface area contributed by atoms with Gasteiger partial charge < -0.3 is 10.3 Å². The second-order valence-corrected chi connectivity index (χ2v) is 1.25. The lowest BCUT2D eigenvalue weighted by Gasteiger charge is -2.01. The maximum Gasteiger partial charge on any atom is 0.443 e. The monoisotopic (exact) mass is 157 g/mol. The van der Waals surface area contributed by atoms with E-state index in [0.29, 0.717) is 0 Å². The number of alkyl halides is 3. The second kappa shape index (κ2) is 2.54. The highest BCUT2D eigenvalue weighted by atomic mass is 19.4. The highest BCUT2D eigenvalue weighted by Gasteiger charge is 2.41. The fraction of sp³-hybridized carbons (Fsp3) is 0.333. The third kappa shape index (κ3) is 1.92. The number of hydrogen-bond donors (Lipinski definition) is 2. The zero-order valence-corrected chi connectivity index (χ0v) is 4.38. The van der Waals surface area contributed by atoms with Crippen LogP contribution in [0.15, 0.2) is 5.16 Å². The molecule has 0 aromatic carbocycles. The summed E-state index contributed by atoms with van der Waals surface area (Å²) in [6, 6.07) is 0. The first-order valence-corrected chi connectivity index (χ1v) is 1.92. The predicted octanol–water partition coefficient (Wildman–Crippen LogP) is 0.463. The average Bonchev–Trinajstić information content (AvgIpc) is 1.60. The van der Waals surface area contributed by atoms with Crippen molar-refractivity contribution in [3.8, 4) is 0 Å². The molecule has 0 aliphatic heterocycles. The maximum atomic E-state index is 11.3. The summed E-state index contributed by atoms with van der Waals surface area (Å²) < 4.78 is 33.9. The summed E-state index contributed by atoms with van der Waals surface area (Å²) in [5.74, 6) is -2.31. The first kappa shape index (κ1) is 8.73. The molecule has 0 aliphatic carbocycles. The lowest BCUT2D eigenvalue weighted by molar-refractivity contribution is -0.134. The van der Waals surface area contributed by atoms with Gasteiger partial charge in [0.25, 0.3) is 5.71 Å².